The Morgan fingerprint density at radius 1 is 1.04 bits per heavy atom. The van der Waals surface area contributed by atoms with E-state index in [2.05, 4.69) is 0 Å². The van der Waals surface area contributed by atoms with Gasteiger partial charge in [0.25, 0.3) is 0 Å². The van der Waals surface area contributed by atoms with Crippen LogP contribution in [0.1, 0.15) is 48.5 Å². The number of carbonyl (C=O) groups is 1. The Bertz CT molecular complexity index is 587. The highest BCUT2D eigenvalue weighted by molar-refractivity contribution is 6.60. The third kappa shape index (κ3) is 6.02. The molecule has 25 heavy (non-hydrogen) atoms. The second-order valence-corrected chi connectivity index (χ2v) is 8.17. The van der Waals surface area contributed by atoms with E-state index in [9.17, 15) is 14.9 Å². The number of amides is 1. The monoisotopic (exact) mass is 351 g/mol. The summed E-state index contributed by atoms with van der Waals surface area (Å²) in [5.74, 6) is 0. The van der Waals surface area contributed by atoms with Crippen LogP contribution in [-0.4, -0.2) is 47.2 Å². The highest BCUT2D eigenvalue weighted by atomic mass is 16.6. The second-order valence-electron chi connectivity index (χ2n) is 8.17. The van der Waals surface area contributed by atoms with Gasteiger partial charge >= 0.3 is 13.2 Å². The molecule has 1 amide bonds. The lowest BCUT2D eigenvalue weighted by Gasteiger charge is -2.38. The number of ether oxygens (including phenoxy) is 1. The minimum atomic E-state index is -1.19. The maximum absolute atomic E-state index is 12.1. The fourth-order valence-electron chi connectivity index (χ4n) is 1.79. The zero-order chi connectivity index (χ0) is 19.6. The van der Waals surface area contributed by atoms with Crippen LogP contribution in [0.3, 0.4) is 0 Å². The molecular weight excluding hydrogens is 321 g/mol. The predicted molar refractivity (Wildman–Crippen MR) is 100 cm³/mol. The Morgan fingerprint density at radius 2 is 1.52 bits per heavy atom. The number of nitrogens with zero attached hydrogens (tertiary/aromatic N) is 1. The zero-order valence-corrected chi connectivity index (χ0v) is 16.5. The number of anilines is 1. The number of rotatable bonds is 5. The molecule has 0 saturated carbocycles. The molecule has 7 heteroatoms. The summed E-state index contributed by atoms with van der Waals surface area (Å²) in [6.45, 7) is 12.1. The van der Waals surface area contributed by atoms with Gasteiger partial charge in [-0.2, -0.15) is 0 Å². The highest BCUT2D eigenvalue weighted by Gasteiger charge is 2.39. The van der Waals surface area contributed by atoms with Gasteiger partial charge in [-0.25, -0.2) is 4.79 Å². The SMILES string of the molecule is CN(C(=O)OC(C)(C)C)c1ccc(B(O)OC(C)(C)C(C)(C)O)cc1. The molecule has 0 atom stereocenters. The molecule has 0 fully saturated rings. The van der Waals surface area contributed by atoms with Crippen molar-refractivity contribution < 1.29 is 24.3 Å². The number of aliphatic hydroxyl groups is 1. The van der Waals surface area contributed by atoms with Crippen LogP contribution in [0.2, 0.25) is 0 Å². The Morgan fingerprint density at radius 3 is 1.92 bits per heavy atom. The Kier molecular flexibility index (Phi) is 6.32. The van der Waals surface area contributed by atoms with Crippen molar-refractivity contribution in [2.45, 2.75) is 65.3 Å². The molecule has 1 rings (SSSR count). The lowest BCUT2D eigenvalue weighted by Crippen LogP contribution is -2.53. The first kappa shape index (κ1) is 21.5. The van der Waals surface area contributed by atoms with Gasteiger partial charge in [-0.15, -0.1) is 0 Å². The van der Waals surface area contributed by atoms with Crippen molar-refractivity contribution >= 4 is 24.4 Å². The van der Waals surface area contributed by atoms with Crippen molar-refractivity contribution in [3.63, 3.8) is 0 Å². The summed E-state index contributed by atoms with van der Waals surface area (Å²) in [5.41, 5.74) is -1.48. The first-order chi connectivity index (χ1) is 11.1. The van der Waals surface area contributed by atoms with Crippen molar-refractivity contribution in [2.24, 2.45) is 0 Å². The van der Waals surface area contributed by atoms with E-state index >= 15 is 0 Å². The average Bonchev–Trinajstić information content (AvgIpc) is 2.43. The van der Waals surface area contributed by atoms with E-state index in [4.69, 9.17) is 9.39 Å². The van der Waals surface area contributed by atoms with Gasteiger partial charge in [0.2, 0.25) is 0 Å². The van der Waals surface area contributed by atoms with Gasteiger partial charge in [0, 0.05) is 12.7 Å². The number of hydrogen-bond donors (Lipinski definition) is 2. The minimum Gasteiger partial charge on any atom is -0.443 e. The molecule has 0 bridgehead atoms. The summed E-state index contributed by atoms with van der Waals surface area (Å²) in [6.07, 6.45) is -0.458. The van der Waals surface area contributed by atoms with E-state index in [0.717, 1.165) is 0 Å². The van der Waals surface area contributed by atoms with Crippen molar-refractivity contribution in [3.05, 3.63) is 24.3 Å². The van der Waals surface area contributed by atoms with E-state index in [1.807, 2.05) is 0 Å². The van der Waals surface area contributed by atoms with E-state index in [1.165, 1.54) is 4.90 Å². The standard InChI is InChI=1S/C18H30BNO5/c1-16(2,3)24-15(21)20(8)14-11-9-13(10-12-14)19(23)25-18(6,7)17(4,5)22/h9-12,22-23H,1-8H3. The fraction of sp³-hybridized carbons (Fsp3) is 0.611. The van der Waals surface area contributed by atoms with Crippen LogP contribution >= 0.6 is 0 Å². The van der Waals surface area contributed by atoms with E-state index in [0.29, 0.717) is 11.2 Å². The summed E-state index contributed by atoms with van der Waals surface area (Å²) < 4.78 is 10.9. The molecule has 6 nitrogen and oxygen atoms in total. The highest BCUT2D eigenvalue weighted by Crippen LogP contribution is 2.25. The maximum atomic E-state index is 12.1. The molecule has 0 saturated heterocycles. The fourth-order valence-corrected chi connectivity index (χ4v) is 1.79. The quantitative estimate of drug-likeness (QED) is 0.796. The third-order valence-electron chi connectivity index (χ3n) is 4.11. The van der Waals surface area contributed by atoms with Crippen LogP contribution in [0, 0.1) is 0 Å². The van der Waals surface area contributed by atoms with Crippen LogP contribution in [0.4, 0.5) is 10.5 Å². The van der Waals surface area contributed by atoms with E-state index in [1.54, 1.807) is 79.8 Å². The van der Waals surface area contributed by atoms with Gasteiger partial charge in [-0.05, 0) is 66.1 Å². The normalized spacial score (nSPS) is 12.7. The molecule has 1 aromatic carbocycles. The van der Waals surface area contributed by atoms with E-state index in [-0.39, 0.29) is 0 Å². The largest absolute Gasteiger partial charge is 0.491 e. The molecule has 0 aliphatic rings. The number of benzene rings is 1. The van der Waals surface area contributed by atoms with Gasteiger partial charge in [0.05, 0.1) is 11.2 Å². The summed E-state index contributed by atoms with van der Waals surface area (Å²) in [7, 11) is 0.426. The lowest BCUT2D eigenvalue weighted by molar-refractivity contribution is -0.0982. The van der Waals surface area contributed by atoms with Crippen LogP contribution < -0.4 is 10.4 Å². The van der Waals surface area contributed by atoms with Gasteiger partial charge in [-0.1, -0.05) is 12.1 Å². The molecule has 0 aliphatic carbocycles. The van der Waals surface area contributed by atoms with Crippen molar-refractivity contribution in [1.29, 1.82) is 0 Å². The Balaban J connectivity index is 2.84. The summed E-state index contributed by atoms with van der Waals surface area (Å²) in [5, 5.41) is 20.4. The predicted octanol–water partition coefficient (Wildman–Crippen LogP) is 2.31. The van der Waals surface area contributed by atoms with Crippen molar-refractivity contribution in [3.8, 4) is 0 Å². The molecule has 0 aromatic heterocycles. The Hall–Kier alpha value is -1.57. The lowest BCUT2D eigenvalue weighted by atomic mass is 9.76. The van der Waals surface area contributed by atoms with E-state index < -0.39 is 30.0 Å². The van der Waals surface area contributed by atoms with Crippen molar-refractivity contribution in [1.82, 2.24) is 0 Å². The van der Waals surface area contributed by atoms with Gasteiger partial charge in [-0.3, -0.25) is 4.90 Å². The van der Waals surface area contributed by atoms with Gasteiger partial charge < -0.3 is 19.5 Å². The summed E-state index contributed by atoms with van der Waals surface area (Å²) in [4.78, 5) is 13.5. The molecule has 0 heterocycles. The molecule has 2 N–H and O–H groups in total. The smallest absolute Gasteiger partial charge is 0.443 e. The van der Waals surface area contributed by atoms with Crippen LogP contribution in [-0.2, 0) is 9.39 Å². The van der Waals surface area contributed by atoms with Crippen LogP contribution in [0.25, 0.3) is 0 Å². The molecule has 0 unspecified atom stereocenters. The van der Waals surface area contributed by atoms with Gasteiger partial charge in [0.1, 0.15) is 5.60 Å². The molecule has 1 aromatic rings. The third-order valence-corrected chi connectivity index (χ3v) is 4.11. The van der Waals surface area contributed by atoms with Gasteiger partial charge in [0.15, 0.2) is 0 Å². The topological polar surface area (TPSA) is 79.2 Å². The first-order valence-electron chi connectivity index (χ1n) is 8.29. The average molecular weight is 351 g/mol. The summed E-state index contributed by atoms with van der Waals surface area (Å²) >= 11 is 0. The molecule has 0 radical (unpaired) electrons. The zero-order valence-electron chi connectivity index (χ0n) is 16.5. The molecule has 0 aliphatic heterocycles. The van der Waals surface area contributed by atoms with Crippen LogP contribution in [0.5, 0.6) is 0 Å². The molecular formula is C18H30BNO5. The maximum Gasteiger partial charge on any atom is 0.491 e. The molecule has 0 spiro atoms. The number of carbonyl (C=O) groups excluding carboxylic acids is 1. The van der Waals surface area contributed by atoms with Crippen molar-refractivity contribution in [2.75, 3.05) is 11.9 Å². The minimum absolute atomic E-state index is 0.458. The molecule has 140 valence electrons. The Labute approximate surface area is 150 Å². The first-order valence-corrected chi connectivity index (χ1v) is 8.29. The number of hydrogen-bond acceptors (Lipinski definition) is 5. The van der Waals surface area contributed by atoms with Crippen LogP contribution in [0.15, 0.2) is 24.3 Å². The summed E-state index contributed by atoms with van der Waals surface area (Å²) in [6, 6.07) is 6.73. The second kappa shape index (κ2) is 7.36.